The molecule has 7 heteroatoms. The van der Waals surface area contributed by atoms with Gasteiger partial charge in [0.2, 0.25) is 0 Å². The summed E-state index contributed by atoms with van der Waals surface area (Å²) in [4.78, 5) is 11.8. The van der Waals surface area contributed by atoms with Gasteiger partial charge >= 0.3 is 0 Å². The van der Waals surface area contributed by atoms with Crippen molar-refractivity contribution in [1.29, 1.82) is 0 Å². The van der Waals surface area contributed by atoms with E-state index in [0.29, 0.717) is 0 Å². The van der Waals surface area contributed by atoms with E-state index in [9.17, 15) is 0 Å². The van der Waals surface area contributed by atoms with E-state index >= 15 is 0 Å². The molecule has 0 amide bonds. The average molecular weight is 348 g/mol. The predicted octanol–water partition coefficient (Wildman–Crippen LogP) is 1.24. The molecule has 25 heavy (non-hydrogen) atoms. The summed E-state index contributed by atoms with van der Waals surface area (Å²) in [5.74, 6) is 1.04. The van der Waals surface area contributed by atoms with Crippen molar-refractivity contribution in [3.8, 4) is 0 Å². The lowest BCUT2D eigenvalue weighted by Crippen LogP contribution is -2.53. The Balaban J connectivity index is 1.37. The molecule has 0 aromatic carbocycles. The molecule has 2 saturated heterocycles. The van der Waals surface area contributed by atoms with Gasteiger partial charge in [-0.25, -0.2) is 0 Å². The Kier molecular flexibility index (Phi) is 7.11. The van der Waals surface area contributed by atoms with Crippen LogP contribution >= 0.6 is 0 Å². The molecular formula is C18H32N6O. The number of likely N-dealkylation sites (tertiary alicyclic amines) is 1. The summed E-state index contributed by atoms with van der Waals surface area (Å²) in [6.45, 7) is 9.52. The first-order chi connectivity index (χ1) is 12.3. The second-order valence-electron chi connectivity index (χ2n) is 6.98. The van der Waals surface area contributed by atoms with E-state index in [1.54, 1.807) is 6.26 Å². The van der Waals surface area contributed by atoms with Crippen LogP contribution in [0.1, 0.15) is 31.4 Å². The van der Waals surface area contributed by atoms with Crippen LogP contribution in [0.15, 0.2) is 21.8 Å². The first-order valence-electron chi connectivity index (χ1n) is 9.65. The van der Waals surface area contributed by atoms with Crippen LogP contribution in [-0.2, 0) is 6.54 Å². The van der Waals surface area contributed by atoms with Crippen molar-refractivity contribution in [2.75, 3.05) is 59.4 Å². The second kappa shape index (κ2) is 9.77. The number of aliphatic imine (C=N–C) groups is 1. The fourth-order valence-electron chi connectivity index (χ4n) is 3.68. The molecule has 0 unspecified atom stereocenters. The van der Waals surface area contributed by atoms with E-state index in [1.165, 1.54) is 38.8 Å². The van der Waals surface area contributed by atoms with Crippen LogP contribution in [-0.4, -0.2) is 85.2 Å². The van der Waals surface area contributed by atoms with Gasteiger partial charge in [0.25, 0.3) is 0 Å². The highest BCUT2D eigenvalue weighted by atomic mass is 16.5. The molecule has 1 N–H and O–H groups in total. The second-order valence-corrected chi connectivity index (χ2v) is 6.98. The smallest absolute Gasteiger partial charge is 0.193 e. The first-order valence-corrected chi connectivity index (χ1v) is 9.65. The highest BCUT2D eigenvalue weighted by Gasteiger charge is 2.20. The Labute approximate surface area is 151 Å². The number of aromatic nitrogens is 1. The number of hydrogen-bond donors (Lipinski definition) is 1. The maximum absolute atomic E-state index is 4.91. The minimum atomic E-state index is 0.866. The van der Waals surface area contributed by atoms with Crippen molar-refractivity contribution in [3.05, 3.63) is 18.0 Å². The summed E-state index contributed by atoms with van der Waals surface area (Å²) in [6.07, 6.45) is 7.13. The molecule has 0 spiro atoms. The largest absolute Gasteiger partial charge is 0.364 e. The number of rotatable bonds is 5. The summed E-state index contributed by atoms with van der Waals surface area (Å²) in [6, 6.07) is 1.94. The van der Waals surface area contributed by atoms with Crippen LogP contribution in [0, 0.1) is 0 Å². The van der Waals surface area contributed by atoms with Crippen LogP contribution < -0.4 is 5.32 Å². The van der Waals surface area contributed by atoms with Crippen molar-refractivity contribution in [2.24, 2.45) is 4.99 Å². The van der Waals surface area contributed by atoms with Gasteiger partial charge in [-0.3, -0.25) is 9.89 Å². The zero-order valence-electron chi connectivity index (χ0n) is 15.5. The highest BCUT2D eigenvalue weighted by Crippen LogP contribution is 2.09. The van der Waals surface area contributed by atoms with Gasteiger partial charge in [-0.2, -0.15) is 0 Å². The fraction of sp³-hybridized carbons (Fsp3) is 0.778. The van der Waals surface area contributed by atoms with Crippen molar-refractivity contribution in [2.45, 2.75) is 32.2 Å². The van der Waals surface area contributed by atoms with Gasteiger partial charge in [0.15, 0.2) is 5.96 Å². The van der Waals surface area contributed by atoms with Crippen LogP contribution in [0.2, 0.25) is 0 Å². The molecule has 0 atom stereocenters. The van der Waals surface area contributed by atoms with E-state index < -0.39 is 0 Å². The van der Waals surface area contributed by atoms with E-state index in [4.69, 9.17) is 4.52 Å². The van der Waals surface area contributed by atoms with Crippen molar-refractivity contribution < 1.29 is 4.52 Å². The fourth-order valence-corrected chi connectivity index (χ4v) is 3.68. The maximum atomic E-state index is 4.91. The third kappa shape index (κ3) is 5.71. The molecule has 2 aliphatic heterocycles. The summed E-state index contributed by atoms with van der Waals surface area (Å²) in [7, 11) is 1.88. The van der Waals surface area contributed by atoms with Crippen LogP contribution in [0.4, 0.5) is 0 Å². The van der Waals surface area contributed by atoms with E-state index in [1.807, 2.05) is 13.1 Å². The first kappa shape index (κ1) is 18.2. The van der Waals surface area contributed by atoms with Crippen LogP contribution in [0.3, 0.4) is 0 Å². The van der Waals surface area contributed by atoms with Gasteiger partial charge in [-0.05, 0) is 25.9 Å². The van der Waals surface area contributed by atoms with Crippen molar-refractivity contribution in [1.82, 2.24) is 25.2 Å². The molecule has 3 heterocycles. The van der Waals surface area contributed by atoms with Gasteiger partial charge in [-0.15, -0.1) is 0 Å². The number of hydrogen-bond acceptors (Lipinski definition) is 5. The maximum Gasteiger partial charge on any atom is 0.193 e. The third-order valence-corrected chi connectivity index (χ3v) is 5.17. The van der Waals surface area contributed by atoms with E-state index in [2.05, 4.69) is 30.2 Å². The third-order valence-electron chi connectivity index (χ3n) is 5.17. The zero-order valence-corrected chi connectivity index (χ0v) is 15.5. The molecule has 3 rings (SSSR count). The summed E-state index contributed by atoms with van der Waals surface area (Å²) < 4.78 is 4.91. The standard InChI is InChI=1S/C18H32N6O/c1-19-18(20-7-10-22-8-4-2-3-5-9-22)24-13-11-23(12-14-24)16-17-6-15-25-21-17/h6,15H,2-5,7-14,16H2,1H3,(H,19,20). The predicted molar refractivity (Wildman–Crippen MR) is 99.6 cm³/mol. The number of guanidine groups is 1. The van der Waals surface area contributed by atoms with E-state index in [0.717, 1.165) is 57.5 Å². The zero-order chi connectivity index (χ0) is 17.3. The quantitative estimate of drug-likeness (QED) is 0.638. The lowest BCUT2D eigenvalue weighted by molar-refractivity contribution is 0.168. The van der Waals surface area contributed by atoms with Gasteiger partial charge in [0.05, 0.1) is 5.69 Å². The molecule has 1 aromatic rings. The summed E-state index contributed by atoms with van der Waals surface area (Å²) >= 11 is 0. The van der Waals surface area contributed by atoms with Gasteiger partial charge in [-0.1, -0.05) is 18.0 Å². The van der Waals surface area contributed by atoms with Gasteiger partial charge in [0, 0.05) is 58.9 Å². The molecule has 0 aliphatic carbocycles. The molecule has 140 valence electrons. The molecular weight excluding hydrogens is 316 g/mol. The Morgan fingerprint density at radius 1 is 1.08 bits per heavy atom. The highest BCUT2D eigenvalue weighted by molar-refractivity contribution is 5.80. The van der Waals surface area contributed by atoms with Crippen molar-refractivity contribution >= 4 is 5.96 Å². The average Bonchev–Trinajstić information content (AvgIpc) is 3.01. The van der Waals surface area contributed by atoms with Gasteiger partial charge in [0.1, 0.15) is 6.26 Å². The lowest BCUT2D eigenvalue weighted by Gasteiger charge is -2.36. The van der Waals surface area contributed by atoms with Crippen molar-refractivity contribution in [3.63, 3.8) is 0 Å². The molecule has 0 saturated carbocycles. The summed E-state index contributed by atoms with van der Waals surface area (Å²) in [5.41, 5.74) is 1.01. The molecule has 0 bridgehead atoms. The molecule has 1 aromatic heterocycles. The monoisotopic (exact) mass is 348 g/mol. The van der Waals surface area contributed by atoms with E-state index in [-0.39, 0.29) is 0 Å². The number of nitrogens with zero attached hydrogens (tertiary/aromatic N) is 5. The minimum Gasteiger partial charge on any atom is -0.364 e. The van der Waals surface area contributed by atoms with Crippen LogP contribution in [0.25, 0.3) is 0 Å². The SMILES string of the molecule is CN=C(NCCN1CCCCCC1)N1CCN(Cc2ccon2)CC1. The molecule has 2 fully saturated rings. The Hall–Kier alpha value is -1.60. The lowest BCUT2D eigenvalue weighted by atomic mass is 10.2. The minimum absolute atomic E-state index is 0.866. The number of piperazine rings is 1. The normalized spacial score (nSPS) is 21.3. The Bertz CT molecular complexity index is 502. The molecule has 7 nitrogen and oxygen atoms in total. The molecule has 2 aliphatic rings. The Morgan fingerprint density at radius 3 is 2.48 bits per heavy atom. The topological polar surface area (TPSA) is 60.1 Å². The molecule has 0 radical (unpaired) electrons. The van der Waals surface area contributed by atoms with Gasteiger partial charge < -0.3 is 19.6 Å². The number of nitrogens with one attached hydrogen (secondary N) is 1. The van der Waals surface area contributed by atoms with Crippen LogP contribution in [0.5, 0.6) is 0 Å². The summed E-state index contributed by atoms with van der Waals surface area (Å²) in [5, 5.41) is 7.56. The Morgan fingerprint density at radius 2 is 1.84 bits per heavy atom.